The summed E-state index contributed by atoms with van der Waals surface area (Å²) in [6.45, 7) is 6.60. The molecule has 0 saturated carbocycles. The van der Waals surface area contributed by atoms with Crippen LogP contribution in [0.3, 0.4) is 0 Å². The molecule has 0 spiro atoms. The molecule has 2 amide bonds. The van der Waals surface area contributed by atoms with Crippen molar-refractivity contribution >= 4 is 11.7 Å². The highest BCUT2D eigenvalue weighted by atomic mass is 16.3. The van der Waals surface area contributed by atoms with Crippen molar-refractivity contribution in [3.8, 4) is 0 Å². The van der Waals surface area contributed by atoms with Gasteiger partial charge in [0.1, 0.15) is 0 Å². The molecule has 0 radical (unpaired) electrons. The summed E-state index contributed by atoms with van der Waals surface area (Å²) in [5.74, 6) is 0. The first-order valence-electron chi connectivity index (χ1n) is 8.16. The number of amides is 2. The van der Waals surface area contributed by atoms with Crippen molar-refractivity contribution in [3.05, 3.63) is 29.8 Å². The van der Waals surface area contributed by atoms with E-state index in [2.05, 4.69) is 34.3 Å². The Morgan fingerprint density at radius 1 is 1.30 bits per heavy atom. The molecular weight excluding hydrogens is 292 g/mol. The lowest BCUT2D eigenvalue weighted by molar-refractivity contribution is 0.143. The van der Waals surface area contributed by atoms with Gasteiger partial charge in [-0.05, 0) is 25.6 Å². The molecule has 1 atom stereocenters. The Bertz CT molecular complexity index is 513. The number of nitrogens with zero attached hydrogens (tertiary/aromatic N) is 3. The minimum Gasteiger partial charge on any atom is -0.392 e. The Morgan fingerprint density at radius 3 is 2.61 bits per heavy atom. The average Bonchev–Trinajstić information content (AvgIpc) is 2.53. The number of para-hydroxylation sites is 1. The third kappa shape index (κ3) is 5.11. The van der Waals surface area contributed by atoms with E-state index in [0.29, 0.717) is 13.1 Å². The van der Waals surface area contributed by atoms with Gasteiger partial charge < -0.3 is 25.1 Å². The summed E-state index contributed by atoms with van der Waals surface area (Å²) in [5, 5.41) is 12.3. The van der Waals surface area contributed by atoms with E-state index in [1.807, 2.05) is 12.1 Å². The third-order valence-corrected chi connectivity index (χ3v) is 4.15. The highest BCUT2D eigenvalue weighted by Crippen LogP contribution is 2.21. The van der Waals surface area contributed by atoms with Crippen LogP contribution in [0.5, 0.6) is 0 Å². The van der Waals surface area contributed by atoms with Crippen molar-refractivity contribution in [1.82, 2.24) is 15.1 Å². The molecule has 0 bridgehead atoms. The molecule has 2 rings (SSSR count). The van der Waals surface area contributed by atoms with Crippen LogP contribution in [0.4, 0.5) is 10.5 Å². The molecule has 0 aliphatic carbocycles. The zero-order valence-electron chi connectivity index (χ0n) is 14.3. The summed E-state index contributed by atoms with van der Waals surface area (Å²) in [4.78, 5) is 18.3. The number of piperazine rings is 1. The van der Waals surface area contributed by atoms with Gasteiger partial charge in [-0.2, -0.15) is 0 Å². The van der Waals surface area contributed by atoms with Crippen LogP contribution in [0.2, 0.25) is 0 Å². The molecule has 1 saturated heterocycles. The molecular formula is C17H28N4O2. The van der Waals surface area contributed by atoms with E-state index >= 15 is 0 Å². The molecule has 1 aromatic carbocycles. The molecule has 1 aromatic rings. The molecule has 6 nitrogen and oxygen atoms in total. The Labute approximate surface area is 138 Å². The van der Waals surface area contributed by atoms with Crippen LogP contribution in [0, 0.1) is 0 Å². The summed E-state index contributed by atoms with van der Waals surface area (Å²) < 4.78 is 0. The van der Waals surface area contributed by atoms with Gasteiger partial charge in [0.2, 0.25) is 0 Å². The molecule has 1 aliphatic rings. The summed E-state index contributed by atoms with van der Waals surface area (Å²) in [5.41, 5.74) is 2.31. The number of aliphatic hydroxyl groups excluding tert-OH is 1. The minimum atomic E-state index is -0.525. The second kappa shape index (κ2) is 8.17. The second-order valence-corrected chi connectivity index (χ2v) is 6.31. The predicted octanol–water partition coefficient (Wildman–Crippen LogP) is 0.961. The number of hydrogen-bond donors (Lipinski definition) is 2. The molecule has 23 heavy (non-hydrogen) atoms. The lowest BCUT2D eigenvalue weighted by Crippen LogP contribution is -2.45. The Morgan fingerprint density at radius 2 is 1.96 bits per heavy atom. The molecule has 1 heterocycles. The topological polar surface area (TPSA) is 59.1 Å². The summed E-state index contributed by atoms with van der Waals surface area (Å²) in [7, 11) is 3.83. The van der Waals surface area contributed by atoms with Gasteiger partial charge in [0, 0.05) is 52.0 Å². The van der Waals surface area contributed by atoms with E-state index < -0.39 is 6.10 Å². The van der Waals surface area contributed by atoms with Gasteiger partial charge in [0.25, 0.3) is 0 Å². The van der Waals surface area contributed by atoms with E-state index in [1.54, 1.807) is 14.0 Å². The molecule has 0 unspecified atom stereocenters. The van der Waals surface area contributed by atoms with Crippen molar-refractivity contribution in [2.75, 3.05) is 51.7 Å². The fraction of sp³-hybridized carbons (Fsp3) is 0.588. The van der Waals surface area contributed by atoms with Gasteiger partial charge in [0.15, 0.2) is 0 Å². The first-order valence-corrected chi connectivity index (χ1v) is 8.16. The van der Waals surface area contributed by atoms with Crippen molar-refractivity contribution in [2.24, 2.45) is 0 Å². The number of likely N-dealkylation sites (N-methyl/N-ethyl adjacent to an activating group) is 2. The fourth-order valence-electron chi connectivity index (χ4n) is 2.80. The van der Waals surface area contributed by atoms with E-state index in [4.69, 9.17) is 0 Å². The van der Waals surface area contributed by atoms with Crippen LogP contribution in [-0.4, -0.2) is 73.9 Å². The molecule has 2 N–H and O–H groups in total. The predicted molar refractivity (Wildman–Crippen MR) is 92.7 cm³/mol. The van der Waals surface area contributed by atoms with E-state index in [0.717, 1.165) is 31.7 Å². The summed E-state index contributed by atoms with van der Waals surface area (Å²) >= 11 is 0. The Kier molecular flexibility index (Phi) is 6.24. The number of nitrogens with one attached hydrogen (secondary N) is 1. The highest BCUT2D eigenvalue weighted by Gasteiger charge is 2.17. The molecule has 1 aliphatic heterocycles. The fourth-order valence-corrected chi connectivity index (χ4v) is 2.80. The largest absolute Gasteiger partial charge is 0.392 e. The maximum absolute atomic E-state index is 12.1. The molecule has 0 aromatic heterocycles. The summed E-state index contributed by atoms with van der Waals surface area (Å²) in [6, 6.07) is 8.05. The Hall–Kier alpha value is -1.79. The average molecular weight is 320 g/mol. The lowest BCUT2D eigenvalue weighted by Gasteiger charge is -2.35. The number of hydrogen-bond acceptors (Lipinski definition) is 4. The van der Waals surface area contributed by atoms with Gasteiger partial charge >= 0.3 is 6.03 Å². The smallest absolute Gasteiger partial charge is 0.317 e. The van der Waals surface area contributed by atoms with Gasteiger partial charge in [-0.15, -0.1) is 0 Å². The first kappa shape index (κ1) is 17.6. The van der Waals surface area contributed by atoms with Gasteiger partial charge in [-0.1, -0.05) is 18.2 Å². The zero-order chi connectivity index (χ0) is 16.8. The third-order valence-electron chi connectivity index (χ3n) is 4.15. The number of aliphatic hydroxyl groups is 1. The normalized spacial score (nSPS) is 17.0. The van der Waals surface area contributed by atoms with Gasteiger partial charge in [0.05, 0.1) is 6.10 Å². The lowest BCUT2D eigenvalue weighted by atomic mass is 10.1. The number of urea groups is 1. The van der Waals surface area contributed by atoms with Crippen LogP contribution in [0.25, 0.3) is 0 Å². The first-order chi connectivity index (χ1) is 11.0. The SMILES string of the molecule is C[C@H](O)CN(C)C(=O)NCc1ccccc1N1CCN(C)CC1. The van der Waals surface area contributed by atoms with Crippen LogP contribution in [0.1, 0.15) is 12.5 Å². The second-order valence-electron chi connectivity index (χ2n) is 6.31. The van der Waals surface area contributed by atoms with Gasteiger partial charge in [-0.25, -0.2) is 4.79 Å². The highest BCUT2D eigenvalue weighted by molar-refractivity contribution is 5.74. The van der Waals surface area contributed by atoms with Crippen LogP contribution in [-0.2, 0) is 6.54 Å². The van der Waals surface area contributed by atoms with Crippen molar-refractivity contribution in [3.63, 3.8) is 0 Å². The maximum Gasteiger partial charge on any atom is 0.317 e. The maximum atomic E-state index is 12.1. The molecule has 6 heteroatoms. The summed E-state index contributed by atoms with van der Waals surface area (Å²) in [6.07, 6.45) is -0.525. The van der Waals surface area contributed by atoms with Crippen LogP contribution in [0.15, 0.2) is 24.3 Å². The minimum absolute atomic E-state index is 0.168. The number of benzene rings is 1. The number of carbonyl (C=O) groups is 1. The molecule has 1 fully saturated rings. The zero-order valence-corrected chi connectivity index (χ0v) is 14.3. The van der Waals surface area contributed by atoms with Crippen molar-refractivity contribution < 1.29 is 9.90 Å². The Balaban J connectivity index is 1.96. The van der Waals surface area contributed by atoms with E-state index in [-0.39, 0.29) is 6.03 Å². The monoisotopic (exact) mass is 320 g/mol. The van der Waals surface area contributed by atoms with Crippen LogP contribution >= 0.6 is 0 Å². The van der Waals surface area contributed by atoms with Crippen LogP contribution < -0.4 is 10.2 Å². The number of rotatable bonds is 5. The quantitative estimate of drug-likeness (QED) is 0.848. The standard InChI is InChI=1S/C17H28N4O2/c1-14(22)13-20(3)17(23)18-12-15-6-4-5-7-16(15)21-10-8-19(2)9-11-21/h4-7,14,22H,8-13H2,1-3H3,(H,18,23)/t14-/m0/s1. The van der Waals surface area contributed by atoms with Gasteiger partial charge in [-0.3, -0.25) is 0 Å². The van der Waals surface area contributed by atoms with E-state index in [1.165, 1.54) is 10.6 Å². The van der Waals surface area contributed by atoms with Crippen molar-refractivity contribution in [2.45, 2.75) is 19.6 Å². The molecule has 128 valence electrons. The number of carbonyl (C=O) groups excluding carboxylic acids is 1. The van der Waals surface area contributed by atoms with Crippen molar-refractivity contribution in [1.29, 1.82) is 0 Å². The van der Waals surface area contributed by atoms with E-state index in [9.17, 15) is 9.90 Å². The number of anilines is 1.